The van der Waals surface area contributed by atoms with Gasteiger partial charge >= 0.3 is 0 Å². The van der Waals surface area contributed by atoms with Crippen molar-refractivity contribution in [3.05, 3.63) is 35.4 Å². The maximum Gasteiger partial charge on any atom is 0.274 e. The largest absolute Gasteiger partial charge is 0.359 e. The molecule has 1 rings (SSSR count). The Morgan fingerprint density at radius 2 is 1.88 bits per heavy atom. The van der Waals surface area contributed by atoms with Gasteiger partial charge in [0.15, 0.2) is 0 Å². The fraction of sp³-hybridized carbons (Fsp3) is 0.333. The smallest absolute Gasteiger partial charge is 0.274 e. The molecule has 0 aromatic heterocycles. The van der Waals surface area contributed by atoms with E-state index >= 15 is 0 Å². The normalized spacial score (nSPS) is 9.76. The molecule has 5 heteroatoms. The molecule has 2 amide bonds. The lowest BCUT2D eigenvalue weighted by Gasteiger charge is -2.03. The Kier molecular flexibility index (Phi) is 5.16. The Balaban J connectivity index is 2.46. The first-order chi connectivity index (χ1) is 8.17. The van der Waals surface area contributed by atoms with E-state index in [0.717, 1.165) is 18.4 Å². The minimum absolute atomic E-state index is 0.0290. The summed E-state index contributed by atoms with van der Waals surface area (Å²) in [5.41, 5.74) is 3.04. The van der Waals surface area contributed by atoms with E-state index < -0.39 is 5.91 Å². The predicted molar refractivity (Wildman–Crippen MR) is 62.7 cm³/mol. The highest BCUT2D eigenvalue weighted by Crippen LogP contribution is 2.08. The topological polar surface area (TPSA) is 78.4 Å². The van der Waals surface area contributed by atoms with Gasteiger partial charge in [0, 0.05) is 19.0 Å². The quantitative estimate of drug-likeness (QED) is 0.524. The SMILES string of the molecule is CNC(=O)CCCc1ccc(C(=O)NO)cc1. The van der Waals surface area contributed by atoms with E-state index in [1.807, 2.05) is 12.1 Å². The number of carbonyl (C=O) groups is 2. The van der Waals surface area contributed by atoms with Crippen molar-refractivity contribution in [3.8, 4) is 0 Å². The molecule has 3 N–H and O–H groups in total. The average Bonchev–Trinajstić information content (AvgIpc) is 2.38. The van der Waals surface area contributed by atoms with E-state index in [2.05, 4.69) is 5.32 Å². The first kappa shape index (κ1) is 13.2. The number of hydroxylamine groups is 1. The van der Waals surface area contributed by atoms with E-state index in [-0.39, 0.29) is 5.91 Å². The van der Waals surface area contributed by atoms with Crippen LogP contribution >= 0.6 is 0 Å². The van der Waals surface area contributed by atoms with Crippen molar-refractivity contribution in [2.45, 2.75) is 19.3 Å². The van der Waals surface area contributed by atoms with Crippen molar-refractivity contribution in [2.24, 2.45) is 0 Å². The number of nitrogens with one attached hydrogen (secondary N) is 2. The standard InChI is InChI=1S/C12H16N2O3/c1-13-11(15)4-2-3-9-5-7-10(8-6-9)12(16)14-17/h5-8,17H,2-4H2,1H3,(H,13,15)(H,14,16). The molecule has 5 nitrogen and oxygen atoms in total. The lowest BCUT2D eigenvalue weighted by Crippen LogP contribution is -2.18. The minimum atomic E-state index is -0.526. The molecule has 0 radical (unpaired) electrons. The summed E-state index contributed by atoms with van der Waals surface area (Å²) in [7, 11) is 1.62. The molecule has 0 spiro atoms. The predicted octanol–water partition coefficient (Wildman–Crippen LogP) is 0.874. The number of aryl methyl sites for hydroxylation is 1. The van der Waals surface area contributed by atoms with Crippen molar-refractivity contribution in [2.75, 3.05) is 7.05 Å². The van der Waals surface area contributed by atoms with Gasteiger partial charge in [0.25, 0.3) is 5.91 Å². The van der Waals surface area contributed by atoms with Crippen LogP contribution in [0.15, 0.2) is 24.3 Å². The zero-order valence-corrected chi connectivity index (χ0v) is 9.69. The lowest BCUT2D eigenvalue weighted by atomic mass is 10.1. The van der Waals surface area contributed by atoms with E-state index in [1.54, 1.807) is 24.7 Å². The third-order valence-corrected chi connectivity index (χ3v) is 2.47. The highest BCUT2D eigenvalue weighted by Gasteiger charge is 2.03. The van der Waals surface area contributed by atoms with Crippen LogP contribution in [-0.2, 0) is 11.2 Å². The van der Waals surface area contributed by atoms with Crippen LogP contribution in [0.1, 0.15) is 28.8 Å². The van der Waals surface area contributed by atoms with Gasteiger partial charge in [-0.2, -0.15) is 0 Å². The second-order valence-corrected chi connectivity index (χ2v) is 3.66. The second-order valence-electron chi connectivity index (χ2n) is 3.66. The number of hydrogen-bond donors (Lipinski definition) is 3. The molecule has 1 aromatic carbocycles. The molecule has 0 atom stereocenters. The summed E-state index contributed by atoms with van der Waals surface area (Å²) >= 11 is 0. The molecule has 17 heavy (non-hydrogen) atoms. The molecule has 0 saturated heterocycles. The van der Waals surface area contributed by atoms with E-state index in [0.29, 0.717) is 12.0 Å². The number of carbonyl (C=O) groups excluding carboxylic acids is 2. The van der Waals surface area contributed by atoms with Gasteiger partial charge in [0.2, 0.25) is 5.91 Å². The number of rotatable bonds is 5. The fourth-order valence-electron chi connectivity index (χ4n) is 1.47. The first-order valence-electron chi connectivity index (χ1n) is 5.41. The Bertz CT molecular complexity index is 387. The molecule has 1 aromatic rings. The van der Waals surface area contributed by atoms with Gasteiger partial charge in [-0.1, -0.05) is 12.1 Å². The van der Waals surface area contributed by atoms with E-state index in [4.69, 9.17) is 5.21 Å². The molecule has 0 fully saturated rings. The van der Waals surface area contributed by atoms with Gasteiger partial charge in [0.1, 0.15) is 0 Å². The molecule has 0 bridgehead atoms. The van der Waals surface area contributed by atoms with Crippen LogP contribution in [0.5, 0.6) is 0 Å². The summed E-state index contributed by atoms with van der Waals surface area (Å²) in [4.78, 5) is 22.0. The molecule has 0 heterocycles. The third-order valence-electron chi connectivity index (χ3n) is 2.47. The molecule has 0 aliphatic carbocycles. The number of amides is 2. The zero-order valence-electron chi connectivity index (χ0n) is 9.69. The summed E-state index contributed by atoms with van der Waals surface area (Å²) in [5.74, 6) is -0.497. The Morgan fingerprint density at radius 1 is 1.24 bits per heavy atom. The van der Waals surface area contributed by atoms with Gasteiger partial charge in [-0.3, -0.25) is 14.8 Å². The number of hydrogen-bond acceptors (Lipinski definition) is 3. The Hall–Kier alpha value is -1.88. The molecule has 92 valence electrons. The first-order valence-corrected chi connectivity index (χ1v) is 5.41. The van der Waals surface area contributed by atoms with Crippen LogP contribution in [0.2, 0.25) is 0 Å². The summed E-state index contributed by atoms with van der Waals surface area (Å²) in [6.45, 7) is 0. The van der Waals surface area contributed by atoms with Crippen LogP contribution in [0.25, 0.3) is 0 Å². The van der Waals surface area contributed by atoms with Gasteiger partial charge in [-0.25, -0.2) is 5.48 Å². The molecular weight excluding hydrogens is 220 g/mol. The average molecular weight is 236 g/mol. The highest BCUT2D eigenvalue weighted by molar-refractivity contribution is 5.93. The second kappa shape index (κ2) is 6.65. The molecule has 0 aliphatic heterocycles. The van der Waals surface area contributed by atoms with Crippen LogP contribution in [0, 0.1) is 0 Å². The summed E-state index contributed by atoms with van der Waals surface area (Å²) < 4.78 is 0. The van der Waals surface area contributed by atoms with Crippen LogP contribution in [0.3, 0.4) is 0 Å². The van der Waals surface area contributed by atoms with Crippen LogP contribution in [0.4, 0.5) is 0 Å². The monoisotopic (exact) mass is 236 g/mol. The van der Waals surface area contributed by atoms with Gasteiger partial charge in [-0.05, 0) is 30.5 Å². The van der Waals surface area contributed by atoms with Crippen molar-refractivity contribution in [1.29, 1.82) is 0 Å². The summed E-state index contributed by atoms with van der Waals surface area (Å²) in [6.07, 6.45) is 2.05. The van der Waals surface area contributed by atoms with E-state index in [1.165, 1.54) is 0 Å². The highest BCUT2D eigenvalue weighted by atomic mass is 16.5. The summed E-state index contributed by atoms with van der Waals surface area (Å²) in [5, 5.41) is 11.0. The third kappa shape index (κ3) is 4.24. The Morgan fingerprint density at radius 3 is 2.41 bits per heavy atom. The van der Waals surface area contributed by atoms with Crippen LogP contribution in [-0.4, -0.2) is 24.1 Å². The maximum absolute atomic E-state index is 11.1. The van der Waals surface area contributed by atoms with Gasteiger partial charge in [0.05, 0.1) is 0 Å². The van der Waals surface area contributed by atoms with Gasteiger partial charge in [-0.15, -0.1) is 0 Å². The van der Waals surface area contributed by atoms with E-state index in [9.17, 15) is 9.59 Å². The fourth-order valence-corrected chi connectivity index (χ4v) is 1.47. The zero-order chi connectivity index (χ0) is 12.7. The number of benzene rings is 1. The van der Waals surface area contributed by atoms with Crippen molar-refractivity contribution >= 4 is 11.8 Å². The van der Waals surface area contributed by atoms with Crippen molar-refractivity contribution < 1.29 is 14.8 Å². The minimum Gasteiger partial charge on any atom is -0.359 e. The Labute approximate surface area is 99.8 Å². The maximum atomic E-state index is 11.1. The van der Waals surface area contributed by atoms with Crippen molar-refractivity contribution in [1.82, 2.24) is 10.8 Å². The molecular formula is C12H16N2O3. The molecule has 0 unspecified atom stereocenters. The summed E-state index contributed by atoms with van der Waals surface area (Å²) in [6, 6.07) is 6.91. The molecule has 0 aliphatic rings. The van der Waals surface area contributed by atoms with Crippen LogP contribution < -0.4 is 10.8 Å². The van der Waals surface area contributed by atoms with Crippen molar-refractivity contribution in [3.63, 3.8) is 0 Å². The lowest BCUT2D eigenvalue weighted by molar-refractivity contribution is -0.120. The molecule has 0 saturated carbocycles. The van der Waals surface area contributed by atoms with Gasteiger partial charge < -0.3 is 5.32 Å².